The molecular formula is C18H21ClFN2O2S+. The van der Waals surface area contributed by atoms with Gasteiger partial charge in [-0.05, 0) is 31.2 Å². The minimum atomic E-state index is -3.65. The van der Waals surface area contributed by atoms with E-state index in [1.807, 2.05) is 24.3 Å². The Hall–Kier alpha value is -1.47. The van der Waals surface area contributed by atoms with Gasteiger partial charge in [0.25, 0.3) is 0 Å². The third-order valence-electron chi connectivity index (χ3n) is 4.78. The van der Waals surface area contributed by atoms with E-state index in [0.29, 0.717) is 26.2 Å². The second-order valence-corrected chi connectivity index (χ2v) is 8.61. The zero-order chi connectivity index (χ0) is 18.0. The van der Waals surface area contributed by atoms with E-state index in [0.717, 1.165) is 16.7 Å². The molecule has 2 aromatic carbocycles. The van der Waals surface area contributed by atoms with Crippen molar-refractivity contribution < 1.29 is 17.7 Å². The first-order valence-corrected chi connectivity index (χ1v) is 10.1. The van der Waals surface area contributed by atoms with Gasteiger partial charge in [0.15, 0.2) is 0 Å². The molecule has 1 saturated heterocycles. The van der Waals surface area contributed by atoms with Gasteiger partial charge in [-0.1, -0.05) is 35.9 Å². The van der Waals surface area contributed by atoms with E-state index in [1.165, 1.54) is 27.4 Å². The molecule has 0 radical (unpaired) electrons. The molecule has 1 aliphatic rings. The molecule has 25 heavy (non-hydrogen) atoms. The standard InChI is InChI=1S/C18H20ClFN2O2S/c1-14(17-7-2-3-8-18(17)19)21-9-11-22(12-10-21)25(23,24)16-6-4-5-15(20)13-16/h2-8,13-14H,9-12H2,1H3/p+1/t14-/m0/s1. The van der Waals surface area contributed by atoms with Crippen LogP contribution in [0.5, 0.6) is 0 Å². The lowest BCUT2D eigenvalue weighted by Gasteiger charge is -2.35. The Morgan fingerprint density at radius 3 is 2.44 bits per heavy atom. The van der Waals surface area contributed by atoms with Crippen LogP contribution < -0.4 is 4.90 Å². The van der Waals surface area contributed by atoms with Gasteiger partial charge in [-0.15, -0.1) is 0 Å². The highest BCUT2D eigenvalue weighted by Crippen LogP contribution is 2.21. The molecule has 0 spiro atoms. The van der Waals surface area contributed by atoms with Crippen molar-refractivity contribution in [1.29, 1.82) is 0 Å². The summed E-state index contributed by atoms with van der Waals surface area (Å²) < 4.78 is 40.1. The summed E-state index contributed by atoms with van der Waals surface area (Å²) in [6, 6.07) is 13.1. The Bertz CT molecular complexity index is 852. The number of rotatable bonds is 4. The Labute approximate surface area is 152 Å². The summed E-state index contributed by atoms with van der Waals surface area (Å²) in [5.41, 5.74) is 1.07. The molecule has 0 unspecified atom stereocenters. The average molecular weight is 384 g/mol. The lowest BCUT2D eigenvalue weighted by molar-refractivity contribution is -0.933. The smallest absolute Gasteiger partial charge is 0.243 e. The Kier molecular flexibility index (Phi) is 5.43. The molecule has 0 bridgehead atoms. The lowest BCUT2D eigenvalue weighted by Crippen LogP contribution is -3.14. The summed E-state index contributed by atoms with van der Waals surface area (Å²) in [6.07, 6.45) is 0. The molecule has 4 nitrogen and oxygen atoms in total. The van der Waals surface area contributed by atoms with E-state index in [4.69, 9.17) is 11.6 Å². The highest BCUT2D eigenvalue weighted by atomic mass is 35.5. The molecular weight excluding hydrogens is 363 g/mol. The van der Waals surface area contributed by atoms with Crippen molar-refractivity contribution in [3.05, 3.63) is 64.9 Å². The number of sulfonamides is 1. The number of piperazine rings is 1. The maximum atomic E-state index is 13.4. The van der Waals surface area contributed by atoms with Gasteiger partial charge in [0.05, 0.1) is 31.1 Å². The van der Waals surface area contributed by atoms with Crippen LogP contribution in [0.2, 0.25) is 5.02 Å². The molecule has 1 heterocycles. The van der Waals surface area contributed by atoms with Crippen molar-refractivity contribution in [2.75, 3.05) is 26.2 Å². The predicted molar refractivity (Wildman–Crippen MR) is 95.7 cm³/mol. The van der Waals surface area contributed by atoms with Crippen LogP contribution in [0, 0.1) is 5.82 Å². The number of benzene rings is 2. The summed E-state index contributed by atoms with van der Waals surface area (Å²) in [5.74, 6) is -0.544. The number of nitrogens with zero attached hydrogens (tertiary/aromatic N) is 1. The van der Waals surface area contributed by atoms with Gasteiger partial charge in [0, 0.05) is 10.6 Å². The van der Waals surface area contributed by atoms with Crippen LogP contribution in [0.25, 0.3) is 0 Å². The van der Waals surface area contributed by atoms with E-state index in [1.54, 1.807) is 0 Å². The minimum Gasteiger partial charge on any atom is -0.327 e. The number of hydrogen-bond donors (Lipinski definition) is 1. The van der Waals surface area contributed by atoms with Crippen molar-refractivity contribution in [3.63, 3.8) is 0 Å². The van der Waals surface area contributed by atoms with Crippen LogP contribution in [0.3, 0.4) is 0 Å². The highest BCUT2D eigenvalue weighted by molar-refractivity contribution is 7.89. The Morgan fingerprint density at radius 2 is 1.80 bits per heavy atom. The molecule has 0 saturated carbocycles. The summed E-state index contributed by atoms with van der Waals surface area (Å²) in [6.45, 7) is 4.28. The van der Waals surface area contributed by atoms with E-state index in [9.17, 15) is 12.8 Å². The number of quaternary nitrogens is 1. The zero-order valence-electron chi connectivity index (χ0n) is 14.0. The summed E-state index contributed by atoms with van der Waals surface area (Å²) in [4.78, 5) is 1.30. The van der Waals surface area contributed by atoms with Crippen molar-refractivity contribution in [2.24, 2.45) is 0 Å². The van der Waals surface area contributed by atoms with Crippen LogP contribution in [-0.4, -0.2) is 38.9 Å². The van der Waals surface area contributed by atoms with E-state index in [2.05, 4.69) is 6.92 Å². The topological polar surface area (TPSA) is 41.8 Å². The number of halogens is 2. The van der Waals surface area contributed by atoms with Crippen LogP contribution in [0.15, 0.2) is 53.4 Å². The average Bonchev–Trinajstić information content (AvgIpc) is 2.62. The number of nitrogens with one attached hydrogen (secondary N) is 1. The Morgan fingerprint density at radius 1 is 1.12 bits per heavy atom. The molecule has 7 heteroatoms. The van der Waals surface area contributed by atoms with Crippen LogP contribution >= 0.6 is 11.6 Å². The SMILES string of the molecule is C[C@@H](c1ccccc1Cl)[NH+]1CCN(S(=O)(=O)c2cccc(F)c2)CC1. The fourth-order valence-electron chi connectivity index (χ4n) is 3.27. The fourth-order valence-corrected chi connectivity index (χ4v) is 5.04. The molecule has 0 amide bonds. The van der Waals surface area contributed by atoms with Crippen molar-refractivity contribution >= 4 is 21.6 Å². The van der Waals surface area contributed by atoms with Crippen LogP contribution in [0.4, 0.5) is 4.39 Å². The first kappa shape index (κ1) is 18.3. The summed E-state index contributed by atoms with van der Waals surface area (Å²) in [5, 5.41) is 0.734. The monoisotopic (exact) mass is 383 g/mol. The molecule has 0 aliphatic carbocycles. The molecule has 1 fully saturated rings. The summed E-state index contributed by atoms with van der Waals surface area (Å²) >= 11 is 6.28. The molecule has 1 atom stereocenters. The van der Waals surface area contributed by atoms with Crippen molar-refractivity contribution in [2.45, 2.75) is 17.9 Å². The maximum Gasteiger partial charge on any atom is 0.243 e. The molecule has 134 valence electrons. The first-order chi connectivity index (χ1) is 11.9. The molecule has 3 rings (SSSR count). The summed E-state index contributed by atoms with van der Waals surface area (Å²) in [7, 11) is -3.65. The molecule has 1 aliphatic heterocycles. The largest absolute Gasteiger partial charge is 0.327 e. The maximum absolute atomic E-state index is 13.4. The van der Waals surface area contributed by atoms with Gasteiger partial charge in [0.1, 0.15) is 11.9 Å². The van der Waals surface area contributed by atoms with Gasteiger partial charge >= 0.3 is 0 Å². The molecule has 0 aromatic heterocycles. The van der Waals surface area contributed by atoms with Gasteiger partial charge in [0.2, 0.25) is 10.0 Å². The van der Waals surface area contributed by atoms with Gasteiger partial charge in [-0.3, -0.25) is 0 Å². The van der Waals surface area contributed by atoms with Gasteiger partial charge in [-0.25, -0.2) is 12.8 Å². The second-order valence-electron chi connectivity index (χ2n) is 6.26. The van der Waals surface area contributed by atoms with Gasteiger partial charge in [-0.2, -0.15) is 4.31 Å². The third kappa shape index (κ3) is 3.87. The van der Waals surface area contributed by atoms with Gasteiger partial charge < -0.3 is 4.90 Å². The third-order valence-corrected chi connectivity index (χ3v) is 7.02. The van der Waals surface area contributed by atoms with E-state index < -0.39 is 15.8 Å². The van der Waals surface area contributed by atoms with Crippen LogP contribution in [0.1, 0.15) is 18.5 Å². The van der Waals surface area contributed by atoms with Crippen molar-refractivity contribution in [3.8, 4) is 0 Å². The highest BCUT2D eigenvalue weighted by Gasteiger charge is 2.33. The van der Waals surface area contributed by atoms with E-state index >= 15 is 0 Å². The molecule has 2 aromatic rings. The van der Waals surface area contributed by atoms with E-state index in [-0.39, 0.29) is 10.9 Å². The van der Waals surface area contributed by atoms with Crippen LogP contribution in [-0.2, 0) is 10.0 Å². The molecule has 1 N–H and O–H groups in total. The minimum absolute atomic E-state index is 0.00935. The Balaban J connectivity index is 1.70. The zero-order valence-corrected chi connectivity index (χ0v) is 15.5. The predicted octanol–water partition coefficient (Wildman–Crippen LogP) is 2.13. The lowest BCUT2D eigenvalue weighted by atomic mass is 10.1. The number of hydrogen-bond acceptors (Lipinski definition) is 2. The van der Waals surface area contributed by atoms with Crippen molar-refractivity contribution in [1.82, 2.24) is 4.31 Å². The second kappa shape index (κ2) is 7.41. The first-order valence-electron chi connectivity index (χ1n) is 8.24. The normalized spacial score (nSPS) is 18.2. The quantitative estimate of drug-likeness (QED) is 0.878. The fraction of sp³-hybridized carbons (Fsp3) is 0.333.